The van der Waals surface area contributed by atoms with Crippen LogP contribution in [0, 0.1) is 0 Å². The van der Waals surface area contributed by atoms with Crippen molar-refractivity contribution in [1.29, 1.82) is 0 Å². The summed E-state index contributed by atoms with van der Waals surface area (Å²) in [6, 6.07) is 5.09. The second-order valence-electron chi connectivity index (χ2n) is 3.91. The van der Waals surface area contributed by atoms with E-state index in [9.17, 15) is 22.0 Å². The Bertz CT molecular complexity index is 583. The van der Waals surface area contributed by atoms with Gasteiger partial charge in [-0.15, -0.1) is 11.8 Å². The normalized spacial score (nSPS) is 16.1. The number of carbonyl (C=O) groups is 1. The minimum Gasteiger partial charge on any atom is -0.329 e. The van der Waals surface area contributed by atoms with E-state index in [4.69, 9.17) is 0 Å². The van der Waals surface area contributed by atoms with E-state index in [1.807, 2.05) is 0 Å². The maximum atomic E-state index is 12.6. The molecule has 1 aliphatic rings. The first-order chi connectivity index (χ1) is 8.94. The average Bonchev–Trinajstić information content (AvgIpc) is 2.91. The molecule has 1 fully saturated rings. The van der Waals surface area contributed by atoms with E-state index in [1.165, 1.54) is 34.9 Å². The van der Waals surface area contributed by atoms with Crippen molar-refractivity contribution in [2.24, 2.45) is 0 Å². The van der Waals surface area contributed by atoms with Gasteiger partial charge in [-0.3, -0.25) is 4.79 Å². The maximum absolute atomic E-state index is 12.6. The standard InChI is InChI=1S/C11H11F2NO3S2/c12-11(13)19(16,17)9-4-2-1-3-8(9)10(15)14-5-6-18-7-14/h1-4,11H,5-7H2. The molecule has 104 valence electrons. The van der Waals surface area contributed by atoms with Gasteiger partial charge in [-0.2, -0.15) is 8.78 Å². The maximum Gasteiger partial charge on any atom is 0.341 e. The molecule has 1 heterocycles. The highest BCUT2D eigenvalue weighted by atomic mass is 32.2. The first-order valence-electron chi connectivity index (χ1n) is 5.42. The molecule has 0 aromatic heterocycles. The Morgan fingerprint density at radius 1 is 1.32 bits per heavy atom. The minimum absolute atomic E-state index is 0.190. The van der Waals surface area contributed by atoms with E-state index in [0.29, 0.717) is 12.4 Å². The lowest BCUT2D eigenvalue weighted by molar-refractivity contribution is 0.0799. The van der Waals surface area contributed by atoms with Crippen LogP contribution in [0.25, 0.3) is 0 Å². The number of nitrogens with zero attached hydrogens (tertiary/aromatic N) is 1. The second-order valence-corrected chi connectivity index (χ2v) is 6.87. The SMILES string of the molecule is O=C(c1ccccc1S(=O)(=O)C(F)F)N1CCSC1. The van der Waals surface area contributed by atoms with Crippen LogP contribution in [0.1, 0.15) is 10.4 Å². The van der Waals surface area contributed by atoms with Gasteiger partial charge in [-0.05, 0) is 12.1 Å². The number of hydrogen-bond donors (Lipinski definition) is 0. The predicted molar refractivity (Wildman–Crippen MR) is 68.0 cm³/mol. The molecule has 8 heteroatoms. The smallest absolute Gasteiger partial charge is 0.329 e. The molecule has 0 bridgehead atoms. The summed E-state index contributed by atoms with van der Waals surface area (Å²) < 4.78 is 48.3. The van der Waals surface area contributed by atoms with Gasteiger partial charge >= 0.3 is 5.76 Å². The van der Waals surface area contributed by atoms with Crippen LogP contribution in [0.3, 0.4) is 0 Å². The number of alkyl halides is 2. The highest BCUT2D eigenvalue weighted by Gasteiger charge is 2.32. The first kappa shape index (κ1) is 14.3. The van der Waals surface area contributed by atoms with Crippen LogP contribution in [-0.4, -0.2) is 43.2 Å². The Labute approximate surface area is 113 Å². The van der Waals surface area contributed by atoms with E-state index >= 15 is 0 Å². The van der Waals surface area contributed by atoms with Crippen LogP contribution in [0.5, 0.6) is 0 Å². The number of hydrogen-bond acceptors (Lipinski definition) is 4. The minimum atomic E-state index is -4.77. The zero-order valence-corrected chi connectivity index (χ0v) is 11.4. The van der Waals surface area contributed by atoms with Gasteiger partial charge < -0.3 is 4.90 Å². The van der Waals surface area contributed by atoms with E-state index in [2.05, 4.69) is 0 Å². The lowest BCUT2D eigenvalue weighted by Gasteiger charge is -2.16. The van der Waals surface area contributed by atoms with Gasteiger partial charge in [-0.1, -0.05) is 12.1 Å². The summed E-state index contributed by atoms with van der Waals surface area (Å²) in [5, 5.41) is 0. The van der Waals surface area contributed by atoms with E-state index in [-0.39, 0.29) is 5.56 Å². The zero-order valence-electron chi connectivity index (χ0n) is 9.75. The van der Waals surface area contributed by atoms with Gasteiger partial charge in [0.25, 0.3) is 5.91 Å². The van der Waals surface area contributed by atoms with Crippen LogP contribution in [0.15, 0.2) is 29.2 Å². The molecular formula is C11H11F2NO3S2. The third-order valence-electron chi connectivity index (χ3n) is 2.70. The third kappa shape index (κ3) is 2.74. The Hall–Kier alpha value is -1.15. The monoisotopic (exact) mass is 307 g/mol. The van der Waals surface area contributed by atoms with Gasteiger partial charge in [0.15, 0.2) is 0 Å². The van der Waals surface area contributed by atoms with Crippen molar-refractivity contribution in [2.45, 2.75) is 10.7 Å². The molecule has 0 radical (unpaired) electrons. The number of amides is 1. The van der Waals surface area contributed by atoms with Crippen molar-refractivity contribution in [3.8, 4) is 0 Å². The molecule has 0 N–H and O–H groups in total. The van der Waals surface area contributed by atoms with Gasteiger partial charge in [-0.25, -0.2) is 8.42 Å². The summed E-state index contributed by atoms with van der Waals surface area (Å²) in [4.78, 5) is 13.0. The Kier molecular flexibility index (Phi) is 4.10. The van der Waals surface area contributed by atoms with Crippen molar-refractivity contribution in [2.75, 3.05) is 18.2 Å². The van der Waals surface area contributed by atoms with Crippen molar-refractivity contribution < 1.29 is 22.0 Å². The number of sulfone groups is 1. The highest BCUT2D eigenvalue weighted by Crippen LogP contribution is 2.25. The predicted octanol–water partition coefficient (Wildman–Crippen LogP) is 1.83. The van der Waals surface area contributed by atoms with Crippen molar-refractivity contribution in [1.82, 2.24) is 4.90 Å². The molecule has 1 aromatic carbocycles. The van der Waals surface area contributed by atoms with Crippen LogP contribution in [-0.2, 0) is 9.84 Å². The molecule has 2 rings (SSSR count). The summed E-state index contributed by atoms with van der Waals surface area (Å²) in [7, 11) is -4.77. The Morgan fingerprint density at radius 3 is 2.58 bits per heavy atom. The summed E-state index contributed by atoms with van der Waals surface area (Å²) in [6.45, 7) is 0.493. The summed E-state index contributed by atoms with van der Waals surface area (Å²) in [5.74, 6) is -2.85. The summed E-state index contributed by atoms with van der Waals surface area (Å²) in [6.07, 6.45) is 0. The fraction of sp³-hybridized carbons (Fsp3) is 0.364. The Balaban J connectivity index is 2.44. The number of rotatable bonds is 3. The van der Waals surface area contributed by atoms with E-state index in [1.54, 1.807) is 0 Å². The van der Waals surface area contributed by atoms with Crippen LogP contribution in [0.2, 0.25) is 0 Å². The van der Waals surface area contributed by atoms with Gasteiger partial charge in [0.05, 0.1) is 16.3 Å². The third-order valence-corrected chi connectivity index (χ3v) is 5.10. The van der Waals surface area contributed by atoms with Gasteiger partial charge in [0.1, 0.15) is 0 Å². The summed E-state index contributed by atoms with van der Waals surface area (Å²) in [5.41, 5.74) is -0.190. The number of benzene rings is 1. The molecule has 1 aromatic rings. The lowest BCUT2D eigenvalue weighted by atomic mass is 10.2. The Morgan fingerprint density at radius 2 is 2.00 bits per heavy atom. The van der Waals surface area contributed by atoms with Crippen molar-refractivity contribution >= 4 is 27.5 Å². The topological polar surface area (TPSA) is 54.5 Å². The first-order valence-corrected chi connectivity index (χ1v) is 8.13. The number of thioether (sulfide) groups is 1. The molecule has 4 nitrogen and oxygen atoms in total. The average molecular weight is 307 g/mol. The molecule has 1 saturated heterocycles. The lowest BCUT2D eigenvalue weighted by Crippen LogP contribution is -2.29. The quantitative estimate of drug-likeness (QED) is 0.855. The van der Waals surface area contributed by atoms with Gasteiger partial charge in [0.2, 0.25) is 9.84 Å². The molecule has 0 atom stereocenters. The molecule has 0 aliphatic carbocycles. The van der Waals surface area contributed by atoms with E-state index < -0.39 is 26.4 Å². The highest BCUT2D eigenvalue weighted by molar-refractivity contribution is 7.99. The van der Waals surface area contributed by atoms with Gasteiger partial charge in [0, 0.05) is 12.3 Å². The fourth-order valence-electron chi connectivity index (χ4n) is 1.73. The molecular weight excluding hydrogens is 296 g/mol. The molecule has 19 heavy (non-hydrogen) atoms. The molecule has 0 unspecified atom stereocenters. The fourth-order valence-corrected chi connectivity index (χ4v) is 3.60. The van der Waals surface area contributed by atoms with Crippen molar-refractivity contribution in [3.63, 3.8) is 0 Å². The molecule has 1 amide bonds. The van der Waals surface area contributed by atoms with Crippen LogP contribution < -0.4 is 0 Å². The molecule has 0 saturated carbocycles. The molecule has 0 spiro atoms. The van der Waals surface area contributed by atoms with E-state index in [0.717, 1.165) is 11.8 Å². The van der Waals surface area contributed by atoms with Crippen LogP contribution >= 0.6 is 11.8 Å². The number of carbonyl (C=O) groups excluding carboxylic acids is 1. The zero-order chi connectivity index (χ0) is 14.0. The summed E-state index contributed by atoms with van der Waals surface area (Å²) >= 11 is 1.53. The second kappa shape index (κ2) is 5.46. The largest absolute Gasteiger partial charge is 0.341 e. The number of halogens is 2. The molecule has 1 aliphatic heterocycles. The van der Waals surface area contributed by atoms with Crippen LogP contribution in [0.4, 0.5) is 8.78 Å². The van der Waals surface area contributed by atoms with Crippen molar-refractivity contribution in [3.05, 3.63) is 29.8 Å².